The van der Waals surface area contributed by atoms with E-state index in [1.807, 2.05) is 6.92 Å². The fourth-order valence-electron chi connectivity index (χ4n) is 3.00. The number of amides is 2. The molecule has 2 rings (SSSR count). The van der Waals surface area contributed by atoms with Crippen molar-refractivity contribution < 1.29 is 22.7 Å². The molecule has 2 aliphatic heterocycles. The summed E-state index contributed by atoms with van der Waals surface area (Å²) in [5.41, 5.74) is 0. The van der Waals surface area contributed by atoms with Gasteiger partial charge in [-0.15, -0.1) is 0 Å². The van der Waals surface area contributed by atoms with Crippen molar-refractivity contribution in [2.24, 2.45) is 5.92 Å². The van der Waals surface area contributed by atoms with E-state index < -0.39 is 12.7 Å². The Hall–Kier alpha value is -1.02. The zero-order valence-electron chi connectivity index (χ0n) is 13.0. The van der Waals surface area contributed by atoms with E-state index in [-0.39, 0.29) is 24.7 Å². The Morgan fingerprint density at radius 3 is 2.68 bits per heavy atom. The standard InChI is InChI=1S/C14H24F3N3O2/c1-10-7-19(4-5-20(10)9-14(15,16)17)13(21)18-11(2)12-3-6-22-8-12/h10-12H,3-9H2,1-2H3,(H,18,21)/t10-,11+,12+/m0/s1. The van der Waals surface area contributed by atoms with Crippen molar-refractivity contribution in [2.75, 3.05) is 39.4 Å². The smallest absolute Gasteiger partial charge is 0.381 e. The van der Waals surface area contributed by atoms with E-state index in [9.17, 15) is 18.0 Å². The Kier molecular flexibility index (Phi) is 5.55. The van der Waals surface area contributed by atoms with Gasteiger partial charge in [-0.25, -0.2) is 4.79 Å². The Balaban J connectivity index is 1.80. The van der Waals surface area contributed by atoms with Gasteiger partial charge in [0.2, 0.25) is 0 Å². The lowest BCUT2D eigenvalue weighted by Gasteiger charge is -2.40. The first-order chi connectivity index (χ1) is 10.3. The summed E-state index contributed by atoms with van der Waals surface area (Å²) >= 11 is 0. The second-order valence-electron chi connectivity index (χ2n) is 6.24. The molecule has 1 N–H and O–H groups in total. The SMILES string of the molecule is C[C@@H](NC(=O)N1CCN(CC(F)(F)F)[C@@H](C)C1)[C@@H]1CCOC1. The fourth-order valence-corrected chi connectivity index (χ4v) is 3.00. The van der Waals surface area contributed by atoms with Crippen molar-refractivity contribution in [1.29, 1.82) is 0 Å². The lowest BCUT2D eigenvalue weighted by Crippen LogP contribution is -2.58. The minimum Gasteiger partial charge on any atom is -0.381 e. The number of ether oxygens (including phenoxy) is 1. The molecule has 0 aromatic carbocycles. The Morgan fingerprint density at radius 1 is 1.41 bits per heavy atom. The molecule has 2 aliphatic rings. The molecular formula is C14H24F3N3O2. The van der Waals surface area contributed by atoms with Crippen LogP contribution in [0.25, 0.3) is 0 Å². The molecule has 0 spiro atoms. The van der Waals surface area contributed by atoms with Crippen molar-refractivity contribution in [3.05, 3.63) is 0 Å². The summed E-state index contributed by atoms with van der Waals surface area (Å²) in [6.45, 7) is 5.00. The molecule has 0 bridgehead atoms. The summed E-state index contributed by atoms with van der Waals surface area (Å²) in [4.78, 5) is 15.2. The number of hydrogen-bond donors (Lipinski definition) is 1. The van der Waals surface area contributed by atoms with Crippen LogP contribution >= 0.6 is 0 Å². The molecule has 8 heteroatoms. The first-order valence-corrected chi connectivity index (χ1v) is 7.70. The second-order valence-corrected chi connectivity index (χ2v) is 6.24. The van der Waals surface area contributed by atoms with Crippen molar-refractivity contribution in [3.8, 4) is 0 Å². The number of hydrogen-bond acceptors (Lipinski definition) is 3. The summed E-state index contributed by atoms with van der Waals surface area (Å²) in [5, 5.41) is 2.94. The van der Waals surface area contributed by atoms with E-state index in [2.05, 4.69) is 5.32 Å². The van der Waals surface area contributed by atoms with Crippen LogP contribution in [0.4, 0.5) is 18.0 Å². The third kappa shape index (κ3) is 4.74. The lowest BCUT2D eigenvalue weighted by atomic mass is 10.0. The van der Waals surface area contributed by atoms with Crippen LogP contribution in [0.1, 0.15) is 20.3 Å². The molecule has 0 radical (unpaired) electrons. The second kappa shape index (κ2) is 7.04. The Bertz CT molecular complexity index is 386. The molecule has 5 nitrogen and oxygen atoms in total. The van der Waals surface area contributed by atoms with Crippen molar-refractivity contribution in [3.63, 3.8) is 0 Å². The molecule has 0 unspecified atom stereocenters. The number of halogens is 3. The maximum atomic E-state index is 12.5. The zero-order valence-corrected chi connectivity index (χ0v) is 13.0. The topological polar surface area (TPSA) is 44.8 Å². The molecule has 128 valence electrons. The van der Waals surface area contributed by atoms with Gasteiger partial charge < -0.3 is 15.0 Å². The van der Waals surface area contributed by atoms with Crippen LogP contribution in [0.15, 0.2) is 0 Å². The third-order valence-electron chi connectivity index (χ3n) is 4.46. The van der Waals surface area contributed by atoms with Gasteiger partial charge in [0.25, 0.3) is 0 Å². The van der Waals surface area contributed by atoms with Crippen LogP contribution in [0, 0.1) is 5.92 Å². The van der Waals surface area contributed by atoms with Gasteiger partial charge in [0, 0.05) is 44.2 Å². The lowest BCUT2D eigenvalue weighted by molar-refractivity contribution is -0.153. The average molecular weight is 323 g/mol. The quantitative estimate of drug-likeness (QED) is 0.860. The Labute approximate surface area is 128 Å². The summed E-state index contributed by atoms with van der Waals surface area (Å²) in [7, 11) is 0. The third-order valence-corrected chi connectivity index (χ3v) is 4.46. The van der Waals surface area contributed by atoms with Gasteiger partial charge in [0.1, 0.15) is 0 Å². The van der Waals surface area contributed by atoms with E-state index in [1.165, 1.54) is 4.90 Å². The van der Waals surface area contributed by atoms with Gasteiger partial charge in [-0.2, -0.15) is 13.2 Å². The first-order valence-electron chi connectivity index (χ1n) is 7.70. The Morgan fingerprint density at radius 2 is 2.14 bits per heavy atom. The molecule has 0 aromatic heterocycles. The fraction of sp³-hybridized carbons (Fsp3) is 0.929. The number of nitrogens with zero attached hydrogens (tertiary/aromatic N) is 2. The van der Waals surface area contributed by atoms with Gasteiger partial charge in [0.15, 0.2) is 0 Å². The zero-order chi connectivity index (χ0) is 16.3. The molecule has 2 heterocycles. The minimum atomic E-state index is -4.20. The van der Waals surface area contributed by atoms with Gasteiger partial charge in [-0.3, -0.25) is 4.90 Å². The number of nitrogens with one attached hydrogen (secondary N) is 1. The number of carbonyl (C=O) groups excluding carboxylic acids is 1. The maximum Gasteiger partial charge on any atom is 0.401 e. The van der Waals surface area contributed by atoms with E-state index in [0.717, 1.165) is 13.0 Å². The summed E-state index contributed by atoms with van der Waals surface area (Å²) < 4.78 is 42.7. The highest BCUT2D eigenvalue weighted by Crippen LogP contribution is 2.21. The van der Waals surface area contributed by atoms with E-state index in [1.54, 1.807) is 11.8 Å². The highest BCUT2D eigenvalue weighted by Gasteiger charge is 2.36. The molecule has 22 heavy (non-hydrogen) atoms. The number of piperazine rings is 1. The van der Waals surface area contributed by atoms with E-state index in [0.29, 0.717) is 25.6 Å². The summed E-state index contributed by atoms with van der Waals surface area (Å²) in [6.07, 6.45) is -3.27. The highest BCUT2D eigenvalue weighted by atomic mass is 19.4. The molecule has 2 amide bonds. The molecule has 0 saturated carbocycles. The number of alkyl halides is 3. The maximum absolute atomic E-state index is 12.5. The van der Waals surface area contributed by atoms with Crippen LogP contribution in [0.2, 0.25) is 0 Å². The number of carbonyl (C=O) groups is 1. The largest absolute Gasteiger partial charge is 0.401 e. The van der Waals surface area contributed by atoms with Crippen LogP contribution in [-0.2, 0) is 4.74 Å². The van der Waals surface area contributed by atoms with Gasteiger partial charge >= 0.3 is 12.2 Å². The van der Waals surface area contributed by atoms with Crippen LogP contribution in [-0.4, -0.2) is 73.5 Å². The van der Waals surface area contributed by atoms with Gasteiger partial charge in [0.05, 0.1) is 13.2 Å². The molecule has 0 aromatic rings. The van der Waals surface area contributed by atoms with Crippen LogP contribution < -0.4 is 5.32 Å². The number of rotatable bonds is 3. The summed E-state index contributed by atoms with van der Waals surface area (Å²) in [5.74, 6) is 0.313. The van der Waals surface area contributed by atoms with Crippen molar-refractivity contribution in [1.82, 2.24) is 15.1 Å². The van der Waals surface area contributed by atoms with Crippen LogP contribution in [0.5, 0.6) is 0 Å². The van der Waals surface area contributed by atoms with Gasteiger partial charge in [-0.05, 0) is 20.3 Å². The molecule has 2 fully saturated rings. The normalized spacial score (nSPS) is 28.7. The first kappa shape index (κ1) is 17.3. The number of urea groups is 1. The predicted octanol–water partition coefficient (Wildman–Crippen LogP) is 1.69. The molecule has 3 atom stereocenters. The monoisotopic (exact) mass is 323 g/mol. The minimum absolute atomic E-state index is 0.0125. The van der Waals surface area contributed by atoms with Crippen LogP contribution in [0.3, 0.4) is 0 Å². The predicted molar refractivity (Wildman–Crippen MR) is 75.6 cm³/mol. The molecule has 2 saturated heterocycles. The highest BCUT2D eigenvalue weighted by molar-refractivity contribution is 5.74. The van der Waals surface area contributed by atoms with Crippen molar-refractivity contribution >= 4 is 6.03 Å². The molecular weight excluding hydrogens is 299 g/mol. The average Bonchev–Trinajstić information content (AvgIpc) is 2.93. The van der Waals surface area contributed by atoms with Crippen molar-refractivity contribution in [2.45, 2.75) is 38.5 Å². The summed E-state index contributed by atoms with van der Waals surface area (Å²) in [6, 6.07) is -0.484. The molecule has 0 aliphatic carbocycles. The van der Waals surface area contributed by atoms with Gasteiger partial charge in [-0.1, -0.05) is 0 Å². The van der Waals surface area contributed by atoms with E-state index in [4.69, 9.17) is 4.74 Å². The van der Waals surface area contributed by atoms with E-state index >= 15 is 0 Å².